The molecule has 1 saturated heterocycles. The summed E-state index contributed by atoms with van der Waals surface area (Å²) in [6.07, 6.45) is 11.5. The lowest BCUT2D eigenvalue weighted by Crippen LogP contribution is -2.68. The zero-order valence-corrected chi connectivity index (χ0v) is 11.8. The Bertz CT molecular complexity index is 275. The minimum absolute atomic E-state index is 0.294. The molecular formula is C15H28N2. The highest BCUT2D eigenvalue weighted by atomic mass is 15.3. The van der Waals surface area contributed by atoms with Gasteiger partial charge in [-0.2, -0.15) is 0 Å². The van der Waals surface area contributed by atoms with Crippen molar-refractivity contribution in [1.29, 1.82) is 0 Å². The second-order valence-electron chi connectivity index (χ2n) is 6.46. The fourth-order valence-electron chi connectivity index (χ4n) is 3.26. The first kappa shape index (κ1) is 13.1. The molecule has 1 spiro atoms. The maximum Gasteiger partial charge on any atom is 0.0309 e. The molecule has 1 saturated carbocycles. The summed E-state index contributed by atoms with van der Waals surface area (Å²) in [5, 5.41) is 3.87. The van der Waals surface area contributed by atoms with E-state index in [1.807, 2.05) is 0 Å². The summed E-state index contributed by atoms with van der Waals surface area (Å²) in [6, 6.07) is 0. The molecule has 0 unspecified atom stereocenters. The van der Waals surface area contributed by atoms with Gasteiger partial charge in [0.15, 0.2) is 0 Å². The van der Waals surface area contributed by atoms with E-state index in [9.17, 15) is 0 Å². The number of allylic oxidation sites excluding steroid dienone is 1. The molecular weight excluding hydrogens is 208 g/mol. The Morgan fingerprint density at radius 3 is 2.53 bits per heavy atom. The van der Waals surface area contributed by atoms with E-state index in [0.29, 0.717) is 11.1 Å². The van der Waals surface area contributed by atoms with Crippen LogP contribution >= 0.6 is 0 Å². The lowest BCUT2D eigenvalue weighted by molar-refractivity contribution is 0.0195. The van der Waals surface area contributed by atoms with Gasteiger partial charge in [0.2, 0.25) is 0 Å². The molecule has 2 aliphatic rings. The molecule has 1 heterocycles. The highest BCUT2D eigenvalue weighted by Crippen LogP contribution is 2.34. The van der Waals surface area contributed by atoms with Gasteiger partial charge in [0.1, 0.15) is 0 Å². The molecule has 0 bridgehead atoms. The van der Waals surface area contributed by atoms with Crippen LogP contribution in [0.2, 0.25) is 0 Å². The Kier molecular flexibility index (Phi) is 3.94. The quantitative estimate of drug-likeness (QED) is 0.742. The Morgan fingerprint density at radius 2 is 1.88 bits per heavy atom. The van der Waals surface area contributed by atoms with Crippen LogP contribution in [0.1, 0.15) is 52.9 Å². The fourth-order valence-corrected chi connectivity index (χ4v) is 3.26. The molecule has 2 fully saturated rings. The van der Waals surface area contributed by atoms with E-state index in [2.05, 4.69) is 43.1 Å². The van der Waals surface area contributed by atoms with E-state index in [0.717, 1.165) is 13.1 Å². The average molecular weight is 236 g/mol. The Labute approximate surface area is 106 Å². The normalized spacial score (nSPS) is 28.9. The molecule has 1 N–H and O–H groups in total. The topological polar surface area (TPSA) is 15.3 Å². The van der Waals surface area contributed by atoms with Crippen LogP contribution in [0.15, 0.2) is 12.2 Å². The van der Waals surface area contributed by atoms with Gasteiger partial charge in [-0.05, 0) is 33.6 Å². The van der Waals surface area contributed by atoms with Crippen LogP contribution in [0.5, 0.6) is 0 Å². The van der Waals surface area contributed by atoms with Crippen molar-refractivity contribution in [2.75, 3.05) is 19.6 Å². The smallest absolute Gasteiger partial charge is 0.0309 e. The molecule has 2 rings (SSSR count). The van der Waals surface area contributed by atoms with E-state index in [1.165, 1.54) is 38.6 Å². The molecule has 0 amide bonds. The van der Waals surface area contributed by atoms with Crippen LogP contribution in [-0.2, 0) is 0 Å². The van der Waals surface area contributed by atoms with E-state index in [1.54, 1.807) is 0 Å². The molecule has 0 aromatic carbocycles. The van der Waals surface area contributed by atoms with E-state index in [4.69, 9.17) is 0 Å². The zero-order chi connectivity index (χ0) is 12.4. The third-order valence-electron chi connectivity index (χ3n) is 4.62. The van der Waals surface area contributed by atoms with Crippen LogP contribution in [0.25, 0.3) is 0 Å². The molecule has 1 aliphatic carbocycles. The van der Waals surface area contributed by atoms with Crippen molar-refractivity contribution in [3.63, 3.8) is 0 Å². The summed E-state index contributed by atoms with van der Waals surface area (Å²) >= 11 is 0. The number of nitrogens with zero attached hydrogens (tertiary/aromatic N) is 1. The summed E-state index contributed by atoms with van der Waals surface area (Å²) < 4.78 is 0. The van der Waals surface area contributed by atoms with Gasteiger partial charge in [-0.3, -0.25) is 4.90 Å². The highest BCUT2D eigenvalue weighted by Gasteiger charge is 2.42. The number of hydrogen-bond acceptors (Lipinski definition) is 2. The minimum Gasteiger partial charge on any atom is -0.308 e. The van der Waals surface area contributed by atoms with Crippen LogP contribution in [0.3, 0.4) is 0 Å². The Balaban J connectivity index is 2.05. The SMILES string of the molecule is C/C=C/CN1CC2(CCCCC2)NCC1(C)C. The maximum absolute atomic E-state index is 3.87. The Morgan fingerprint density at radius 1 is 1.18 bits per heavy atom. The van der Waals surface area contributed by atoms with Gasteiger partial charge >= 0.3 is 0 Å². The standard InChI is InChI=1S/C15H28N2/c1-4-5-11-17-13-15(9-7-6-8-10-15)16-12-14(17,2)3/h4-5,16H,6-13H2,1-3H3/b5-4+. The molecule has 0 aromatic heterocycles. The van der Waals surface area contributed by atoms with Crippen molar-refractivity contribution in [2.45, 2.75) is 64.0 Å². The van der Waals surface area contributed by atoms with Gasteiger partial charge in [-0.25, -0.2) is 0 Å². The van der Waals surface area contributed by atoms with Crippen molar-refractivity contribution in [2.24, 2.45) is 0 Å². The van der Waals surface area contributed by atoms with Gasteiger partial charge in [0.25, 0.3) is 0 Å². The summed E-state index contributed by atoms with van der Waals surface area (Å²) in [4.78, 5) is 2.66. The third kappa shape index (κ3) is 2.92. The van der Waals surface area contributed by atoms with Crippen molar-refractivity contribution in [3.8, 4) is 0 Å². The monoisotopic (exact) mass is 236 g/mol. The van der Waals surface area contributed by atoms with Gasteiger partial charge in [0.05, 0.1) is 0 Å². The van der Waals surface area contributed by atoms with Crippen molar-refractivity contribution < 1.29 is 0 Å². The lowest BCUT2D eigenvalue weighted by Gasteiger charge is -2.53. The lowest BCUT2D eigenvalue weighted by atomic mass is 9.77. The predicted molar refractivity (Wildman–Crippen MR) is 74.3 cm³/mol. The number of piperazine rings is 1. The van der Waals surface area contributed by atoms with Gasteiger partial charge in [0, 0.05) is 30.7 Å². The zero-order valence-electron chi connectivity index (χ0n) is 11.8. The number of nitrogens with one attached hydrogen (secondary N) is 1. The highest BCUT2D eigenvalue weighted by molar-refractivity contribution is 5.04. The second-order valence-corrected chi connectivity index (χ2v) is 6.46. The van der Waals surface area contributed by atoms with Gasteiger partial charge in [-0.1, -0.05) is 31.4 Å². The molecule has 17 heavy (non-hydrogen) atoms. The van der Waals surface area contributed by atoms with Gasteiger partial charge < -0.3 is 5.32 Å². The first-order valence-corrected chi connectivity index (χ1v) is 7.19. The largest absolute Gasteiger partial charge is 0.308 e. The van der Waals surface area contributed by atoms with Crippen molar-refractivity contribution in [1.82, 2.24) is 10.2 Å². The number of hydrogen-bond donors (Lipinski definition) is 1. The maximum atomic E-state index is 3.87. The molecule has 98 valence electrons. The van der Waals surface area contributed by atoms with Crippen LogP contribution < -0.4 is 5.32 Å². The molecule has 2 nitrogen and oxygen atoms in total. The fraction of sp³-hybridized carbons (Fsp3) is 0.867. The Hall–Kier alpha value is -0.340. The summed E-state index contributed by atoms with van der Waals surface area (Å²) in [7, 11) is 0. The van der Waals surface area contributed by atoms with E-state index >= 15 is 0 Å². The molecule has 0 aromatic rings. The van der Waals surface area contributed by atoms with E-state index < -0.39 is 0 Å². The summed E-state index contributed by atoms with van der Waals surface area (Å²) in [6.45, 7) is 10.3. The first-order chi connectivity index (χ1) is 8.08. The summed E-state index contributed by atoms with van der Waals surface area (Å²) in [5.74, 6) is 0. The van der Waals surface area contributed by atoms with Crippen molar-refractivity contribution in [3.05, 3.63) is 12.2 Å². The van der Waals surface area contributed by atoms with Crippen LogP contribution in [0.4, 0.5) is 0 Å². The minimum atomic E-state index is 0.294. The average Bonchev–Trinajstić information content (AvgIpc) is 2.32. The first-order valence-electron chi connectivity index (χ1n) is 7.19. The molecule has 0 atom stereocenters. The third-order valence-corrected chi connectivity index (χ3v) is 4.62. The molecule has 1 aliphatic heterocycles. The molecule has 2 heteroatoms. The van der Waals surface area contributed by atoms with Crippen molar-refractivity contribution >= 4 is 0 Å². The second kappa shape index (κ2) is 5.11. The van der Waals surface area contributed by atoms with E-state index in [-0.39, 0.29) is 0 Å². The van der Waals surface area contributed by atoms with Crippen LogP contribution in [-0.4, -0.2) is 35.6 Å². The number of rotatable bonds is 2. The molecule has 0 radical (unpaired) electrons. The predicted octanol–water partition coefficient (Wildman–Crippen LogP) is 2.95. The van der Waals surface area contributed by atoms with Crippen LogP contribution in [0, 0.1) is 0 Å². The van der Waals surface area contributed by atoms with Gasteiger partial charge in [-0.15, -0.1) is 0 Å². The summed E-state index contributed by atoms with van der Waals surface area (Å²) in [5.41, 5.74) is 0.720.